The number of hydrogen-bond acceptors (Lipinski definition) is 2. The molecule has 0 aliphatic rings. The maximum absolute atomic E-state index is 4.35. The molecule has 1 aromatic heterocycles. The predicted octanol–water partition coefficient (Wildman–Crippen LogP) is -0.174. The van der Waals surface area contributed by atoms with Crippen molar-refractivity contribution in [2.45, 2.75) is 0 Å². The molecule has 0 aliphatic carbocycles. The molecule has 0 atom stereocenters. The van der Waals surface area contributed by atoms with E-state index >= 15 is 0 Å². The van der Waals surface area contributed by atoms with Crippen molar-refractivity contribution in [3.63, 3.8) is 0 Å². The van der Waals surface area contributed by atoms with E-state index in [-0.39, 0.29) is 18.9 Å². The standard InChI is InChI=1S/C3H2NO.Li.H/c1-2-5-3-4-1;;/h1-2H;;. The number of hydrogen-bond donors (Lipinski definition) is 0. The summed E-state index contributed by atoms with van der Waals surface area (Å²) in [5, 5.41) is 0. The molecule has 27 valence electrons. The first-order valence-corrected chi connectivity index (χ1v) is 1.25. The van der Waals surface area contributed by atoms with E-state index in [1.54, 1.807) is 0 Å². The van der Waals surface area contributed by atoms with Gasteiger partial charge >= 0.3 is 18.9 Å². The van der Waals surface area contributed by atoms with Crippen LogP contribution in [-0.4, -0.2) is 23.8 Å². The Hall–Kier alpha value is -0.193. The second-order valence-corrected chi connectivity index (χ2v) is 0.623. The van der Waals surface area contributed by atoms with Crippen LogP contribution < -0.4 is 0 Å². The molecule has 0 amide bonds. The van der Waals surface area contributed by atoms with E-state index in [4.69, 9.17) is 0 Å². The molecule has 6 heavy (non-hydrogen) atoms. The molecule has 0 fully saturated rings. The third-order valence-electron chi connectivity index (χ3n) is 0.309. The van der Waals surface area contributed by atoms with Crippen molar-refractivity contribution < 1.29 is 4.42 Å². The summed E-state index contributed by atoms with van der Waals surface area (Å²) in [5.74, 6) is 0. The van der Waals surface area contributed by atoms with Crippen molar-refractivity contribution >= 4 is 18.9 Å². The largest absolute Gasteiger partial charge is 0.441 e. The van der Waals surface area contributed by atoms with E-state index in [0.29, 0.717) is 0 Å². The number of rotatable bonds is 0. The molecule has 0 aliphatic heterocycles. The Morgan fingerprint density at radius 1 is 1.67 bits per heavy atom. The monoisotopic (exact) mass is 76.0 g/mol. The second kappa shape index (κ2) is 3.02. The fourth-order valence-electron chi connectivity index (χ4n) is 0.152. The van der Waals surface area contributed by atoms with Crippen LogP contribution in [0.2, 0.25) is 0 Å². The van der Waals surface area contributed by atoms with Crippen molar-refractivity contribution in [2.24, 2.45) is 0 Å². The van der Waals surface area contributed by atoms with Crippen molar-refractivity contribution in [1.29, 1.82) is 0 Å². The Morgan fingerprint density at radius 3 is 2.67 bits per heavy atom. The molecule has 0 N–H and O–H groups in total. The zero-order valence-corrected chi connectivity index (χ0v) is 2.51. The van der Waals surface area contributed by atoms with Gasteiger partial charge in [0.25, 0.3) is 6.39 Å². The van der Waals surface area contributed by atoms with Gasteiger partial charge in [-0.25, -0.2) is 4.98 Å². The van der Waals surface area contributed by atoms with Gasteiger partial charge in [-0.05, 0) is 0 Å². The zero-order chi connectivity index (χ0) is 3.54. The molecule has 0 saturated carbocycles. The fraction of sp³-hybridized carbons (Fsp3) is 0. The topological polar surface area (TPSA) is 26.0 Å². The van der Waals surface area contributed by atoms with Crippen LogP contribution >= 0.6 is 0 Å². The Labute approximate surface area is 47.7 Å². The van der Waals surface area contributed by atoms with E-state index in [2.05, 4.69) is 15.8 Å². The molecule has 0 unspecified atom stereocenters. The summed E-state index contributed by atoms with van der Waals surface area (Å²) in [6.45, 7) is 0. The van der Waals surface area contributed by atoms with Crippen LogP contribution in [0.4, 0.5) is 0 Å². The molecule has 1 radical (unpaired) electrons. The molecule has 1 aromatic rings. The number of aromatic nitrogens is 1. The SMILES string of the molecule is [LiH].[c]1ncco1. The number of oxazole rings is 1. The first-order chi connectivity index (χ1) is 2.50. The molecule has 0 spiro atoms. The van der Waals surface area contributed by atoms with Gasteiger partial charge < -0.3 is 4.42 Å². The van der Waals surface area contributed by atoms with Gasteiger partial charge in [-0.2, -0.15) is 0 Å². The second-order valence-electron chi connectivity index (χ2n) is 0.623. The van der Waals surface area contributed by atoms with Crippen LogP contribution in [0.25, 0.3) is 0 Å². The molecule has 1 heterocycles. The van der Waals surface area contributed by atoms with Crippen LogP contribution in [0.5, 0.6) is 0 Å². The molecule has 0 bridgehead atoms. The first kappa shape index (κ1) is 5.81. The van der Waals surface area contributed by atoms with Gasteiger partial charge in [-0.3, -0.25) is 0 Å². The van der Waals surface area contributed by atoms with Crippen molar-refractivity contribution in [2.75, 3.05) is 0 Å². The van der Waals surface area contributed by atoms with E-state index < -0.39 is 0 Å². The van der Waals surface area contributed by atoms with Gasteiger partial charge in [0.1, 0.15) is 6.26 Å². The van der Waals surface area contributed by atoms with Gasteiger partial charge in [-0.15, -0.1) is 0 Å². The third-order valence-corrected chi connectivity index (χ3v) is 0.309. The van der Waals surface area contributed by atoms with Crippen LogP contribution in [-0.2, 0) is 0 Å². The van der Waals surface area contributed by atoms with E-state index in [9.17, 15) is 0 Å². The summed E-state index contributed by atoms with van der Waals surface area (Å²) in [7, 11) is 0. The quantitative estimate of drug-likeness (QED) is 0.401. The summed E-state index contributed by atoms with van der Waals surface area (Å²) >= 11 is 0. The van der Waals surface area contributed by atoms with Gasteiger partial charge in [0.2, 0.25) is 0 Å². The maximum atomic E-state index is 4.35. The smallest absolute Gasteiger partial charge is 0.283 e. The Balaban J connectivity index is 0.000000250. The van der Waals surface area contributed by atoms with Crippen molar-refractivity contribution in [3.05, 3.63) is 18.9 Å². The Bertz CT molecular complexity index is 67.3. The minimum Gasteiger partial charge on any atom is -0.441 e. The molecule has 0 aromatic carbocycles. The van der Waals surface area contributed by atoms with Crippen molar-refractivity contribution in [1.82, 2.24) is 4.98 Å². The van der Waals surface area contributed by atoms with Crippen molar-refractivity contribution in [3.8, 4) is 0 Å². The minimum absolute atomic E-state index is 0. The summed E-state index contributed by atoms with van der Waals surface area (Å²) < 4.78 is 4.35. The molecule has 0 saturated heterocycles. The van der Waals surface area contributed by atoms with Crippen LogP contribution in [0.15, 0.2) is 16.9 Å². The summed E-state index contributed by atoms with van der Waals surface area (Å²) in [5.41, 5.74) is 0. The molecular formula is C3H3LiNO. The van der Waals surface area contributed by atoms with Gasteiger partial charge in [0.05, 0.1) is 6.20 Å². The fourth-order valence-corrected chi connectivity index (χ4v) is 0.152. The third kappa shape index (κ3) is 1.30. The van der Waals surface area contributed by atoms with E-state index in [1.807, 2.05) is 0 Å². The molecule has 3 heteroatoms. The maximum Gasteiger partial charge on any atom is 0.283 e. The predicted molar refractivity (Wildman–Crippen MR) is 22.5 cm³/mol. The summed E-state index contributed by atoms with van der Waals surface area (Å²) in [6, 6.07) is 0. The molecule has 2 nitrogen and oxygen atoms in total. The normalized spacial score (nSPS) is 6.67. The van der Waals surface area contributed by atoms with Crippen LogP contribution in [0.1, 0.15) is 0 Å². The molecule has 1 rings (SSSR count). The summed E-state index contributed by atoms with van der Waals surface area (Å²) in [6.07, 6.45) is 5.22. The average molecular weight is 76.0 g/mol. The minimum atomic E-state index is 0. The number of nitrogens with zero attached hydrogens (tertiary/aromatic N) is 1. The van der Waals surface area contributed by atoms with Gasteiger partial charge in [0.15, 0.2) is 0 Å². The van der Waals surface area contributed by atoms with E-state index in [0.717, 1.165) is 0 Å². The first-order valence-electron chi connectivity index (χ1n) is 1.25. The van der Waals surface area contributed by atoms with Crippen LogP contribution in [0.3, 0.4) is 0 Å². The van der Waals surface area contributed by atoms with Gasteiger partial charge in [-0.1, -0.05) is 0 Å². The van der Waals surface area contributed by atoms with E-state index in [1.165, 1.54) is 12.5 Å². The average Bonchev–Trinajstić information content (AvgIpc) is 1.76. The zero-order valence-electron chi connectivity index (χ0n) is 2.51. The van der Waals surface area contributed by atoms with Crippen LogP contribution in [0, 0.1) is 6.39 Å². The Kier molecular flexibility index (Phi) is 2.92. The summed E-state index contributed by atoms with van der Waals surface area (Å²) in [4.78, 5) is 3.43. The Morgan fingerprint density at radius 2 is 2.50 bits per heavy atom. The molecular weight excluding hydrogens is 73.0 g/mol. The van der Waals surface area contributed by atoms with Gasteiger partial charge in [0, 0.05) is 0 Å².